The quantitative estimate of drug-likeness (QED) is 0.558. The lowest BCUT2D eigenvalue weighted by Gasteiger charge is -2.18. The summed E-state index contributed by atoms with van der Waals surface area (Å²) in [6.45, 7) is 8.87. The number of rotatable bonds is 4. The van der Waals surface area contributed by atoms with Gasteiger partial charge in [0.15, 0.2) is 5.03 Å². The SMILES string of the molecule is [C-]#[N+]c1ccc(O[C@H]2CN(S(=O)(=O)c3ccc(Cl)cn3)C[C@@]23O[C@@H]3C)cc1F. The summed E-state index contributed by atoms with van der Waals surface area (Å²) in [5.41, 5.74) is -0.906. The zero-order valence-electron chi connectivity index (χ0n) is 14.7. The van der Waals surface area contributed by atoms with Crippen LogP contribution in [-0.2, 0) is 14.8 Å². The topological polar surface area (TPSA) is 76.4 Å². The summed E-state index contributed by atoms with van der Waals surface area (Å²) in [6.07, 6.45) is 0.442. The summed E-state index contributed by atoms with van der Waals surface area (Å²) >= 11 is 5.78. The van der Waals surface area contributed by atoms with Crippen LogP contribution in [0.25, 0.3) is 4.85 Å². The number of ether oxygens (including phenoxy) is 2. The normalized spacial score (nSPS) is 26.9. The van der Waals surface area contributed by atoms with Crippen molar-refractivity contribution in [2.75, 3.05) is 13.1 Å². The Balaban J connectivity index is 1.59. The van der Waals surface area contributed by atoms with Crippen LogP contribution < -0.4 is 4.74 Å². The van der Waals surface area contributed by atoms with Gasteiger partial charge in [-0.1, -0.05) is 11.6 Å². The van der Waals surface area contributed by atoms with Gasteiger partial charge in [0.2, 0.25) is 5.69 Å². The van der Waals surface area contributed by atoms with Crippen LogP contribution in [0.5, 0.6) is 5.75 Å². The predicted molar refractivity (Wildman–Crippen MR) is 98.4 cm³/mol. The average molecular weight is 424 g/mol. The molecule has 2 aliphatic rings. The molecule has 146 valence electrons. The number of pyridine rings is 1. The molecule has 3 heterocycles. The minimum atomic E-state index is -3.86. The number of epoxide rings is 1. The molecule has 28 heavy (non-hydrogen) atoms. The van der Waals surface area contributed by atoms with Crippen LogP contribution in [0.3, 0.4) is 0 Å². The monoisotopic (exact) mass is 423 g/mol. The maximum Gasteiger partial charge on any atom is 0.260 e. The van der Waals surface area contributed by atoms with Crippen LogP contribution in [0.15, 0.2) is 41.6 Å². The Morgan fingerprint density at radius 3 is 2.75 bits per heavy atom. The Bertz CT molecular complexity index is 1070. The van der Waals surface area contributed by atoms with E-state index in [1.165, 1.54) is 34.8 Å². The van der Waals surface area contributed by atoms with Crippen molar-refractivity contribution >= 4 is 27.3 Å². The highest BCUT2D eigenvalue weighted by molar-refractivity contribution is 7.89. The largest absolute Gasteiger partial charge is 0.486 e. The van der Waals surface area contributed by atoms with E-state index in [-0.39, 0.29) is 35.7 Å². The predicted octanol–water partition coefficient (Wildman–Crippen LogP) is 3.03. The molecule has 0 saturated carbocycles. The zero-order valence-corrected chi connectivity index (χ0v) is 16.2. The number of hydrogen-bond acceptors (Lipinski definition) is 5. The first kappa shape index (κ1) is 19.1. The number of hydrogen-bond donors (Lipinski definition) is 0. The zero-order chi connectivity index (χ0) is 20.1. The van der Waals surface area contributed by atoms with Gasteiger partial charge in [-0.3, -0.25) is 0 Å². The Morgan fingerprint density at radius 1 is 1.43 bits per heavy atom. The van der Waals surface area contributed by atoms with Crippen LogP contribution in [-0.4, -0.2) is 48.6 Å². The summed E-state index contributed by atoms with van der Waals surface area (Å²) in [6, 6.07) is 6.72. The Kier molecular flexibility index (Phi) is 4.55. The van der Waals surface area contributed by atoms with Gasteiger partial charge < -0.3 is 9.47 Å². The van der Waals surface area contributed by atoms with Crippen LogP contribution >= 0.6 is 11.6 Å². The van der Waals surface area contributed by atoms with Gasteiger partial charge in [-0.25, -0.2) is 22.6 Å². The molecule has 0 N–H and O–H groups in total. The van der Waals surface area contributed by atoms with E-state index in [9.17, 15) is 12.8 Å². The second kappa shape index (κ2) is 6.67. The van der Waals surface area contributed by atoms with Crippen molar-refractivity contribution in [3.63, 3.8) is 0 Å². The molecule has 1 aromatic heterocycles. The molecule has 2 aromatic rings. The Hall–Kier alpha value is -2.25. The number of nitrogens with zero attached hydrogens (tertiary/aromatic N) is 3. The highest BCUT2D eigenvalue weighted by Crippen LogP contribution is 2.47. The molecule has 0 bridgehead atoms. The van der Waals surface area contributed by atoms with Gasteiger partial charge in [-0.2, -0.15) is 4.31 Å². The molecule has 2 saturated heterocycles. The van der Waals surface area contributed by atoms with E-state index in [1.807, 2.05) is 6.92 Å². The van der Waals surface area contributed by atoms with E-state index in [4.69, 9.17) is 27.6 Å². The number of sulfonamides is 1. The lowest BCUT2D eigenvalue weighted by atomic mass is 10.0. The minimum absolute atomic E-state index is 0.0309. The third-order valence-corrected chi connectivity index (χ3v) is 6.94. The van der Waals surface area contributed by atoms with E-state index < -0.39 is 27.5 Å². The molecule has 2 fully saturated rings. The van der Waals surface area contributed by atoms with E-state index >= 15 is 0 Å². The molecule has 0 radical (unpaired) electrons. The van der Waals surface area contributed by atoms with Crippen LogP contribution in [0, 0.1) is 12.4 Å². The van der Waals surface area contributed by atoms with Crippen LogP contribution in [0.4, 0.5) is 10.1 Å². The fourth-order valence-corrected chi connectivity index (χ4v) is 4.87. The Morgan fingerprint density at radius 2 is 2.18 bits per heavy atom. The van der Waals surface area contributed by atoms with Gasteiger partial charge >= 0.3 is 0 Å². The highest BCUT2D eigenvalue weighted by atomic mass is 35.5. The smallest absolute Gasteiger partial charge is 0.260 e. The van der Waals surface area contributed by atoms with Gasteiger partial charge in [0.1, 0.15) is 23.3 Å². The molecule has 1 aromatic carbocycles. The van der Waals surface area contributed by atoms with Gasteiger partial charge in [-0.05, 0) is 31.2 Å². The average Bonchev–Trinajstić information content (AvgIpc) is 3.15. The fourth-order valence-electron chi connectivity index (χ4n) is 3.36. The number of aromatic nitrogens is 1. The third-order valence-electron chi connectivity index (χ3n) is 4.99. The van der Waals surface area contributed by atoms with Crippen molar-refractivity contribution in [3.05, 3.63) is 58.8 Å². The lowest BCUT2D eigenvalue weighted by molar-refractivity contribution is 0.135. The van der Waals surface area contributed by atoms with Gasteiger partial charge in [-0.15, -0.1) is 0 Å². The molecule has 0 unspecified atom stereocenters. The van der Waals surface area contributed by atoms with Crippen molar-refractivity contribution in [3.8, 4) is 5.75 Å². The minimum Gasteiger partial charge on any atom is -0.486 e. The van der Waals surface area contributed by atoms with E-state index in [0.717, 1.165) is 6.07 Å². The lowest BCUT2D eigenvalue weighted by Crippen LogP contribution is -2.35. The van der Waals surface area contributed by atoms with E-state index in [0.29, 0.717) is 5.02 Å². The van der Waals surface area contributed by atoms with E-state index in [1.54, 1.807) is 0 Å². The molecule has 3 atom stereocenters. The van der Waals surface area contributed by atoms with Gasteiger partial charge in [0, 0.05) is 18.8 Å². The van der Waals surface area contributed by atoms with Crippen molar-refractivity contribution in [2.24, 2.45) is 0 Å². The molecular weight excluding hydrogens is 409 g/mol. The molecule has 1 spiro atoms. The summed E-state index contributed by atoms with van der Waals surface area (Å²) in [5, 5.41) is 0.218. The first-order valence-electron chi connectivity index (χ1n) is 8.39. The van der Waals surface area contributed by atoms with Crippen LogP contribution in [0.2, 0.25) is 5.02 Å². The summed E-state index contributed by atoms with van der Waals surface area (Å²) in [4.78, 5) is 6.97. The molecule has 10 heteroatoms. The molecule has 7 nitrogen and oxygen atoms in total. The van der Waals surface area contributed by atoms with Crippen molar-refractivity contribution in [1.29, 1.82) is 0 Å². The maximum absolute atomic E-state index is 13.9. The summed E-state index contributed by atoms with van der Waals surface area (Å²) in [5.74, 6) is -0.486. The van der Waals surface area contributed by atoms with Gasteiger partial charge in [0.05, 0.1) is 24.2 Å². The standard InChI is InChI=1S/C18H15ClFN3O4S/c1-11-18(27-11)10-23(28(24,25)17-6-3-12(19)8-22-17)9-16(18)26-13-4-5-15(21-2)14(20)7-13/h3-8,11,16H,9-10H2,1H3/t11-,16+,18+/m1/s1. The molecular formula is C18H15ClFN3O4S. The summed E-state index contributed by atoms with van der Waals surface area (Å²) in [7, 11) is -3.86. The first-order chi connectivity index (χ1) is 13.3. The van der Waals surface area contributed by atoms with Crippen molar-refractivity contribution < 1.29 is 22.3 Å². The molecule has 0 amide bonds. The summed E-state index contributed by atoms with van der Waals surface area (Å²) < 4.78 is 52.5. The second-order valence-corrected chi connectivity index (χ2v) is 8.98. The van der Waals surface area contributed by atoms with Crippen molar-refractivity contribution in [2.45, 2.75) is 29.8 Å². The van der Waals surface area contributed by atoms with Gasteiger partial charge in [0.25, 0.3) is 10.0 Å². The second-order valence-electron chi connectivity index (χ2n) is 6.66. The number of halogens is 2. The van der Waals surface area contributed by atoms with Crippen molar-refractivity contribution in [1.82, 2.24) is 9.29 Å². The molecule has 2 aliphatic heterocycles. The Labute approximate surface area is 166 Å². The maximum atomic E-state index is 13.9. The fraction of sp³-hybridized carbons (Fsp3) is 0.333. The van der Waals surface area contributed by atoms with E-state index in [2.05, 4.69) is 9.83 Å². The first-order valence-corrected chi connectivity index (χ1v) is 10.2. The third kappa shape index (κ3) is 3.12. The highest BCUT2D eigenvalue weighted by Gasteiger charge is 2.66. The molecule has 0 aliphatic carbocycles. The number of benzene rings is 1. The molecule has 4 rings (SSSR count). The van der Waals surface area contributed by atoms with Crippen LogP contribution in [0.1, 0.15) is 6.92 Å².